The zero-order valence-corrected chi connectivity index (χ0v) is 11.1. The lowest BCUT2D eigenvalue weighted by atomic mass is 10.1. The summed E-state index contributed by atoms with van der Waals surface area (Å²) in [6.45, 7) is 2.93. The van der Waals surface area contributed by atoms with Crippen LogP contribution in [0.2, 0.25) is 5.02 Å². The van der Waals surface area contributed by atoms with E-state index in [9.17, 15) is 0 Å². The second kappa shape index (κ2) is 6.39. The van der Waals surface area contributed by atoms with Gasteiger partial charge in [0.25, 0.3) is 0 Å². The number of likely N-dealkylation sites (N-methyl/N-ethyl adjacent to an activating group) is 1. The van der Waals surface area contributed by atoms with Crippen LogP contribution >= 0.6 is 11.6 Å². The molecule has 0 aliphatic carbocycles. The van der Waals surface area contributed by atoms with E-state index in [1.807, 2.05) is 12.1 Å². The Bertz CT molecular complexity index is 333. The summed E-state index contributed by atoms with van der Waals surface area (Å²) >= 11 is 5.87. The minimum Gasteiger partial charge on any atom is -0.381 e. The van der Waals surface area contributed by atoms with Crippen LogP contribution in [0.1, 0.15) is 18.4 Å². The number of nitrogens with zero attached hydrogens (tertiary/aromatic N) is 1. The third-order valence-corrected chi connectivity index (χ3v) is 3.73. The molecule has 1 aliphatic rings. The van der Waals surface area contributed by atoms with Crippen LogP contribution in [0.5, 0.6) is 0 Å². The predicted octanol–water partition coefficient (Wildman–Crippen LogP) is 2.99. The van der Waals surface area contributed by atoms with E-state index in [2.05, 4.69) is 24.1 Å². The van der Waals surface area contributed by atoms with Crippen molar-refractivity contribution < 1.29 is 4.74 Å². The Hall–Kier alpha value is -0.570. The van der Waals surface area contributed by atoms with Gasteiger partial charge >= 0.3 is 0 Å². The molecule has 0 atom stereocenters. The molecule has 17 heavy (non-hydrogen) atoms. The van der Waals surface area contributed by atoms with Gasteiger partial charge in [-0.05, 0) is 44.0 Å². The van der Waals surface area contributed by atoms with Crippen molar-refractivity contribution in [2.45, 2.75) is 25.3 Å². The van der Waals surface area contributed by atoms with Crippen molar-refractivity contribution >= 4 is 11.6 Å². The third-order valence-electron chi connectivity index (χ3n) is 3.48. The van der Waals surface area contributed by atoms with E-state index in [1.54, 1.807) is 0 Å². The summed E-state index contributed by atoms with van der Waals surface area (Å²) in [4.78, 5) is 2.46. The number of hydrogen-bond donors (Lipinski definition) is 0. The molecular formula is C14H20ClNO. The first kappa shape index (κ1) is 12.9. The first-order chi connectivity index (χ1) is 8.25. The van der Waals surface area contributed by atoms with Crippen molar-refractivity contribution in [3.63, 3.8) is 0 Å². The standard InChI is InChI=1S/C14H20ClNO/c1-16(14-7-10-17-11-8-14)9-6-12-2-4-13(15)5-3-12/h2-5,14H,6-11H2,1H3. The average Bonchev–Trinajstić information content (AvgIpc) is 2.39. The summed E-state index contributed by atoms with van der Waals surface area (Å²) in [7, 11) is 2.21. The summed E-state index contributed by atoms with van der Waals surface area (Å²) < 4.78 is 5.38. The normalized spacial score (nSPS) is 17.6. The molecule has 1 aliphatic heterocycles. The molecule has 0 unspecified atom stereocenters. The monoisotopic (exact) mass is 253 g/mol. The highest BCUT2D eigenvalue weighted by Crippen LogP contribution is 2.14. The molecular weight excluding hydrogens is 234 g/mol. The fourth-order valence-corrected chi connectivity index (χ4v) is 2.39. The zero-order valence-electron chi connectivity index (χ0n) is 10.4. The number of halogens is 1. The Morgan fingerprint density at radius 2 is 1.88 bits per heavy atom. The summed E-state index contributed by atoms with van der Waals surface area (Å²) in [5, 5.41) is 0.812. The van der Waals surface area contributed by atoms with Crippen molar-refractivity contribution in [2.75, 3.05) is 26.8 Å². The minimum atomic E-state index is 0.691. The maximum Gasteiger partial charge on any atom is 0.0480 e. The Morgan fingerprint density at radius 1 is 1.24 bits per heavy atom. The van der Waals surface area contributed by atoms with E-state index < -0.39 is 0 Å². The Balaban J connectivity index is 1.78. The molecule has 1 heterocycles. The molecule has 0 spiro atoms. The van der Waals surface area contributed by atoms with Crippen LogP contribution in [0.15, 0.2) is 24.3 Å². The van der Waals surface area contributed by atoms with Crippen molar-refractivity contribution in [1.29, 1.82) is 0 Å². The summed E-state index contributed by atoms with van der Waals surface area (Å²) in [6.07, 6.45) is 3.42. The van der Waals surface area contributed by atoms with Gasteiger partial charge in [-0.1, -0.05) is 23.7 Å². The molecule has 0 bridgehead atoms. The second-order valence-corrected chi connectivity index (χ2v) is 5.14. The van der Waals surface area contributed by atoms with Crippen LogP contribution in [-0.2, 0) is 11.2 Å². The molecule has 0 N–H and O–H groups in total. The lowest BCUT2D eigenvalue weighted by molar-refractivity contribution is 0.0434. The molecule has 1 aromatic rings. The van der Waals surface area contributed by atoms with Crippen LogP contribution < -0.4 is 0 Å². The molecule has 94 valence electrons. The van der Waals surface area contributed by atoms with Crippen molar-refractivity contribution in [3.8, 4) is 0 Å². The predicted molar refractivity (Wildman–Crippen MR) is 71.6 cm³/mol. The number of rotatable bonds is 4. The summed E-state index contributed by atoms with van der Waals surface area (Å²) in [6, 6.07) is 8.84. The third kappa shape index (κ3) is 3.98. The van der Waals surface area contributed by atoms with E-state index in [0.29, 0.717) is 6.04 Å². The first-order valence-electron chi connectivity index (χ1n) is 6.28. The number of benzene rings is 1. The van der Waals surface area contributed by atoms with E-state index in [4.69, 9.17) is 16.3 Å². The van der Waals surface area contributed by atoms with E-state index in [0.717, 1.165) is 44.0 Å². The molecule has 2 nitrogen and oxygen atoms in total. The Morgan fingerprint density at radius 3 is 2.53 bits per heavy atom. The topological polar surface area (TPSA) is 12.5 Å². The first-order valence-corrected chi connectivity index (χ1v) is 6.66. The number of hydrogen-bond acceptors (Lipinski definition) is 2. The van der Waals surface area contributed by atoms with E-state index in [1.165, 1.54) is 5.56 Å². The van der Waals surface area contributed by atoms with E-state index >= 15 is 0 Å². The van der Waals surface area contributed by atoms with Gasteiger partial charge in [0.15, 0.2) is 0 Å². The zero-order chi connectivity index (χ0) is 12.1. The van der Waals surface area contributed by atoms with Crippen LogP contribution in [-0.4, -0.2) is 37.7 Å². The second-order valence-electron chi connectivity index (χ2n) is 4.70. The maximum atomic E-state index is 5.87. The van der Waals surface area contributed by atoms with Gasteiger partial charge in [0, 0.05) is 30.8 Å². The molecule has 0 amide bonds. The fourth-order valence-electron chi connectivity index (χ4n) is 2.27. The molecule has 1 saturated heterocycles. The average molecular weight is 254 g/mol. The van der Waals surface area contributed by atoms with Gasteiger partial charge in [0.05, 0.1) is 0 Å². The van der Waals surface area contributed by atoms with Crippen LogP contribution in [0.4, 0.5) is 0 Å². The molecule has 3 heteroatoms. The van der Waals surface area contributed by atoms with Crippen LogP contribution in [0, 0.1) is 0 Å². The highest BCUT2D eigenvalue weighted by Gasteiger charge is 2.17. The van der Waals surface area contributed by atoms with Crippen molar-refractivity contribution in [2.24, 2.45) is 0 Å². The summed E-state index contributed by atoms with van der Waals surface area (Å²) in [5.41, 5.74) is 1.35. The highest BCUT2D eigenvalue weighted by molar-refractivity contribution is 6.30. The van der Waals surface area contributed by atoms with Gasteiger partial charge in [-0.15, -0.1) is 0 Å². The molecule has 1 fully saturated rings. The van der Waals surface area contributed by atoms with Crippen LogP contribution in [0.3, 0.4) is 0 Å². The molecule has 0 radical (unpaired) electrons. The van der Waals surface area contributed by atoms with Gasteiger partial charge in [-0.2, -0.15) is 0 Å². The molecule has 0 saturated carbocycles. The molecule has 1 aromatic carbocycles. The summed E-state index contributed by atoms with van der Waals surface area (Å²) in [5.74, 6) is 0. The van der Waals surface area contributed by atoms with Gasteiger partial charge < -0.3 is 9.64 Å². The number of ether oxygens (including phenoxy) is 1. The van der Waals surface area contributed by atoms with Crippen molar-refractivity contribution in [3.05, 3.63) is 34.9 Å². The largest absolute Gasteiger partial charge is 0.381 e. The fraction of sp³-hybridized carbons (Fsp3) is 0.571. The quantitative estimate of drug-likeness (QED) is 0.818. The van der Waals surface area contributed by atoms with Gasteiger partial charge in [0.1, 0.15) is 0 Å². The van der Waals surface area contributed by atoms with Gasteiger partial charge in [0.2, 0.25) is 0 Å². The SMILES string of the molecule is CN(CCc1ccc(Cl)cc1)C1CCOCC1. The van der Waals surface area contributed by atoms with Crippen LogP contribution in [0.25, 0.3) is 0 Å². The van der Waals surface area contributed by atoms with E-state index in [-0.39, 0.29) is 0 Å². The lowest BCUT2D eigenvalue weighted by Gasteiger charge is -2.31. The molecule has 0 aromatic heterocycles. The molecule has 2 rings (SSSR count). The lowest BCUT2D eigenvalue weighted by Crippen LogP contribution is -2.37. The Labute approximate surface area is 109 Å². The Kier molecular flexibility index (Phi) is 4.84. The highest BCUT2D eigenvalue weighted by atomic mass is 35.5. The van der Waals surface area contributed by atoms with Crippen molar-refractivity contribution in [1.82, 2.24) is 4.90 Å². The van der Waals surface area contributed by atoms with Gasteiger partial charge in [-0.25, -0.2) is 0 Å². The maximum absolute atomic E-state index is 5.87. The van der Waals surface area contributed by atoms with Gasteiger partial charge in [-0.3, -0.25) is 0 Å². The minimum absolute atomic E-state index is 0.691. The smallest absolute Gasteiger partial charge is 0.0480 e.